The molecule has 1 aromatic carbocycles. The van der Waals surface area contributed by atoms with Crippen LogP contribution in [-0.2, 0) is 4.74 Å². The van der Waals surface area contributed by atoms with Crippen molar-refractivity contribution in [3.8, 4) is 0 Å². The first kappa shape index (κ1) is 15.5. The molecule has 0 radical (unpaired) electrons. The first-order valence-electron chi connectivity index (χ1n) is 5.80. The predicted octanol–water partition coefficient (Wildman–Crippen LogP) is -0.296. The highest BCUT2D eigenvalue weighted by atomic mass is 79.9. The van der Waals surface area contributed by atoms with Gasteiger partial charge in [-0.15, -0.1) is 0 Å². The van der Waals surface area contributed by atoms with Crippen molar-refractivity contribution >= 4 is 21.9 Å². The second-order valence-corrected chi connectivity index (χ2v) is 5.33. The van der Waals surface area contributed by atoms with Gasteiger partial charge in [-0.05, 0) is 44.2 Å². The van der Waals surface area contributed by atoms with Gasteiger partial charge in [-0.25, -0.2) is 4.79 Å². The molecule has 0 aromatic heterocycles. The monoisotopic (exact) mass is 332 g/mol. The normalized spacial score (nSPS) is 17.0. The summed E-state index contributed by atoms with van der Waals surface area (Å²) in [5.41, 5.74) is 0.618. The average Bonchev–Trinajstić information content (AvgIpc) is 2.33. The van der Waals surface area contributed by atoms with Crippen molar-refractivity contribution in [1.29, 1.82) is 0 Å². The highest BCUT2D eigenvalue weighted by Crippen LogP contribution is 2.16. The van der Waals surface area contributed by atoms with Crippen LogP contribution in [0, 0.1) is 0 Å². The Kier molecular flexibility index (Phi) is 6.12. The average molecular weight is 334 g/mol. The van der Waals surface area contributed by atoms with Gasteiger partial charge in [0.25, 0.3) is 0 Å². The van der Waals surface area contributed by atoms with Crippen LogP contribution in [0.4, 0.5) is 0 Å². The van der Waals surface area contributed by atoms with E-state index in [0.29, 0.717) is 5.56 Å². The van der Waals surface area contributed by atoms with Crippen LogP contribution in [0.15, 0.2) is 28.7 Å². The minimum absolute atomic E-state index is 0. The van der Waals surface area contributed by atoms with Crippen molar-refractivity contribution in [3.63, 3.8) is 0 Å². The number of halogens is 2. The molecule has 18 heavy (non-hydrogen) atoms. The predicted molar refractivity (Wildman–Crippen MR) is 70.1 cm³/mol. The molecular weight excluding hydrogens is 318 g/mol. The molecule has 0 spiro atoms. The number of nitrogens with zero attached hydrogens (tertiary/aromatic N) is 1. The SMILES string of the molecule is CN1CCC(OC(=O)c2ccc(Br)cc2)CC1.[Cl-]. The van der Waals surface area contributed by atoms with E-state index >= 15 is 0 Å². The number of hydrogen-bond acceptors (Lipinski definition) is 3. The molecule has 0 bridgehead atoms. The number of benzene rings is 1. The van der Waals surface area contributed by atoms with Crippen molar-refractivity contribution in [3.05, 3.63) is 34.3 Å². The lowest BCUT2D eigenvalue weighted by atomic mass is 10.1. The number of ether oxygens (including phenoxy) is 1. The van der Waals surface area contributed by atoms with Gasteiger partial charge in [0.05, 0.1) is 5.56 Å². The van der Waals surface area contributed by atoms with Gasteiger partial charge in [-0.1, -0.05) is 15.9 Å². The highest BCUT2D eigenvalue weighted by molar-refractivity contribution is 9.10. The molecule has 2 rings (SSSR count). The maximum Gasteiger partial charge on any atom is 0.338 e. The van der Waals surface area contributed by atoms with E-state index in [1.54, 1.807) is 12.1 Å². The van der Waals surface area contributed by atoms with Crippen LogP contribution in [-0.4, -0.2) is 37.1 Å². The summed E-state index contributed by atoms with van der Waals surface area (Å²) in [7, 11) is 2.09. The molecule has 0 amide bonds. The third kappa shape index (κ3) is 4.26. The minimum atomic E-state index is -0.216. The Balaban J connectivity index is 0.00000162. The summed E-state index contributed by atoms with van der Waals surface area (Å²) in [6.07, 6.45) is 1.93. The molecule has 1 heterocycles. The van der Waals surface area contributed by atoms with E-state index < -0.39 is 0 Å². The Morgan fingerprint density at radius 2 is 1.83 bits per heavy atom. The molecule has 1 fully saturated rings. The Labute approximate surface area is 122 Å². The number of hydrogen-bond donors (Lipinski definition) is 0. The summed E-state index contributed by atoms with van der Waals surface area (Å²) >= 11 is 3.34. The van der Waals surface area contributed by atoms with Crippen LogP contribution in [0.2, 0.25) is 0 Å². The Bertz CT molecular complexity index is 388. The number of carbonyl (C=O) groups excluding carboxylic acids is 1. The van der Waals surface area contributed by atoms with Crippen LogP contribution in [0.25, 0.3) is 0 Å². The van der Waals surface area contributed by atoms with E-state index in [4.69, 9.17) is 4.74 Å². The van der Waals surface area contributed by atoms with Crippen molar-refractivity contribution in [2.75, 3.05) is 20.1 Å². The lowest BCUT2D eigenvalue weighted by Gasteiger charge is -2.28. The smallest absolute Gasteiger partial charge is 0.338 e. The van der Waals surface area contributed by atoms with Crippen molar-refractivity contribution < 1.29 is 21.9 Å². The maximum absolute atomic E-state index is 11.9. The second-order valence-electron chi connectivity index (χ2n) is 4.41. The third-order valence-electron chi connectivity index (χ3n) is 3.02. The molecule has 0 unspecified atom stereocenters. The van der Waals surface area contributed by atoms with Gasteiger partial charge in [0.2, 0.25) is 0 Å². The number of piperidine rings is 1. The van der Waals surface area contributed by atoms with Crippen LogP contribution >= 0.6 is 15.9 Å². The van der Waals surface area contributed by atoms with Gasteiger partial charge in [0.15, 0.2) is 0 Å². The van der Waals surface area contributed by atoms with Gasteiger partial charge < -0.3 is 22.0 Å². The van der Waals surface area contributed by atoms with E-state index in [0.717, 1.165) is 30.4 Å². The van der Waals surface area contributed by atoms with E-state index in [1.165, 1.54) is 0 Å². The molecule has 100 valence electrons. The standard InChI is InChI=1S/C13H16BrNO2.ClH/c1-15-8-6-12(7-9-15)17-13(16)10-2-4-11(14)5-3-10;/h2-5,12H,6-9H2,1H3;1H/p-1. The fraction of sp³-hybridized carbons (Fsp3) is 0.462. The van der Waals surface area contributed by atoms with Gasteiger partial charge in [0.1, 0.15) is 6.10 Å². The minimum Gasteiger partial charge on any atom is -1.00 e. The lowest BCUT2D eigenvalue weighted by molar-refractivity contribution is -0.0000642. The van der Waals surface area contributed by atoms with Crippen LogP contribution < -0.4 is 12.4 Å². The summed E-state index contributed by atoms with van der Waals surface area (Å²) < 4.78 is 6.45. The largest absolute Gasteiger partial charge is 1.00 e. The quantitative estimate of drug-likeness (QED) is 0.696. The molecule has 1 saturated heterocycles. The Morgan fingerprint density at radius 3 is 2.39 bits per heavy atom. The van der Waals surface area contributed by atoms with E-state index in [-0.39, 0.29) is 24.5 Å². The van der Waals surface area contributed by atoms with Gasteiger partial charge in [-0.2, -0.15) is 0 Å². The molecule has 1 aliphatic heterocycles. The highest BCUT2D eigenvalue weighted by Gasteiger charge is 2.20. The zero-order chi connectivity index (χ0) is 12.3. The molecule has 3 nitrogen and oxygen atoms in total. The van der Waals surface area contributed by atoms with Crippen molar-refractivity contribution in [1.82, 2.24) is 4.90 Å². The molecule has 0 atom stereocenters. The fourth-order valence-electron chi connectivity index (χ4n) is 1.91. The third-order valence-corrected chi connectivity index (χ3v) is 3.55. The van der Waals surface area contributed by atoms with Gasteiger partial charge in [-0.3, -0.25) is 0 Å². The van der Waals surface area contributed by atoms with E-state index in [2.05, 4.69) is 27.9 Å². The van der Waals surface area contributed by atoms with Crippen molar-refractivity contribution in [2.24, 2.45) is 0 Å². The zero-order valence-corrected chi connectivity index (χ0v) is 12.6. The number of carbonyl (C=O) groups is 1. The summed E-state index contributed by atoms with van der Waals surface area (Å²) in [4.78, 5) is 14.1. The number of rotatable bonds is 2. The number of likely N-dealkylation sites (tertiary alicyclic amines) is 1. The molecule has 0 saturated carbocycles. The zero-order valence-electron chi connectivity index (χ0n) is 10.2. The molecule has 1 aliphatic rings. The number of esters is 1. The van der Waals surface area contributed by atoms with E-state index in [9.17, 15) is 4.79 Å². The maximum atomic E-state index is 11.9. The first-order chi connectivity index (χ1) is 8.15. The molecule has 1 aromatic rings. The molecule has 0 aliphatic carbocycles. The van der Waals surface area contributed by atoms with Gasteiger partial charge in [0, 0.05) is 17.6 Å². The second kappa shape index (κ2) is 7.12. The van der Waals surface area contributed by atoms with Crippen molar-refractivity contribution in [2.45, 2.75) is 18.9 Å². The topological polar surface area (TPSA) is 29.5 Å². The summed E-state index contributed by atoms with van der Waals surface area (Å²) in [5.74, 6) is -0.216. The van der Waals surface area contributed by atoms with Crippen LogP contribution in [0.5, 0.6) is 0 Å². The molecule has 0 N–H and O–H groups in total. The fourth-order valence-corrected chi connectivity index (χ4v) is 2.17. The Hall–Kier alpha value is -0.580. The lowest BCUT2D eigenvalue weighted by Crippen LogP contribution is -3.00. The summed E-state index contributed by atoms with van der Waals surface area (Å²) in [5, 5.41) is 0. The van der Waals surface area contributed by atoms with Crippen LogP contribution in [0.1, 0.15) is 23.2 Å². The van der Waals surface area contributed by atoms with Crippen LogP contribution in [0.3, 0.4) is 0 Å². The molecular formula is C13H16BrClNO2-. The Morgan fingerprint density at radius 1 is 1.28 bits per heavy atom. The van der Waals surface area contributed by atoms with E-state index in [1.807, 2.05) is 12.1 Å². The summed E-state index contributed by atoms with van der Waals surface area (Å²) in [6.45, 7) is 2.00. The molecule has 5 heteroatoms. The first-order valence-corrected chi connectivity index (χ1v) is 6.59. The van der Waals surface area contributed by atoms with Gasteiger partial charge >= 0.3 is 5.97 Å². The summed E-state index contributed by atoms with van der Waals surface area (Å²) in [6, 6.07) is 7.26.